The molecular weight excluding hydrogens is 554 g/mol. The SMILES string of the molecule is Cl.Cl.O=[C]([AlH2])c1ccc2cc(Br)ccc2c1C(=O)c1ccc2cc(Br)ccc2c1. The van der Waals surface area contributed by atoms with Gasteiger partial charge in [0.15, 0.2) is 5.78 Å². The normalized spacial score (nSPS) is 10.3. The van der Waals surface area contributed by atoms with Crippen LogP contribution in [0.25, 0.3) is 21.5 Å². The van der Waals surface area contributed by atoms with E-state index in [4.69, 9.17) is 0 Å². The van der Waals surface area contributed by atoms with Crippen molar-refractivity contribution in [2.75, 3.05) is 0 Å². The molecule has 0 aromatic heterocycles. The van der Waals surface area contributed by atoms with Crippen molar-refractivity contribution in [2.24, 2.45) is 0 Å². The van der Waals surface area contributed by atoms with Crippen molar-refractivity contribution in [3.05, 3.63) is 92.4 Å². The Kier molecular flexibility index (Phi) is 8.09. The van der Waals surface area contributed by atoms with E-state index < -0.39 is 0 Å². The van der Waals surface area contributed by atoms with E-state index in [9.17, 15) is 9.59 Å². The summed E-state index contributed by atoms with van der Waals surface area (Å²) in [7, 11) is 0. The van der Waals surface area contributed by atoms with Gasteiger partial charge in [0.05, 0.1) is 4.65 Å². The van der Waals surface area contributed by atoms with Crippen LogP contribution in [0.1, 0.15) is 26.3 Å². The first-order valence-corrected chi connectivity index (χ1v) is 11.0. The van der Waals surface area contributed by atoms with E-state index in [1.165, 1.54) is 0 Å². The molecule has 0 aliphatic rings. The van der Waals surface area contributed by atoms with Gasteiger partial charge in [0.25, 0.3) is 0 Å². The van der Waals surface area contributed by atoms with Crippen LogP contribution >= 0.6 is 56.7 Å². The standard InChI is InChI=1S/C22H11Br2O2.Al.2ClH.2H/c23-18-6-5-13-9-16(3-1-14(13)10-18)22(26)21-17(12-25)4-2-15-11-19(24)7-8-20(15)21;;;;;/h1-11H;;2*1H;;. The van der Waals surface area contributed by atoms with Gasteiger partial charge >= 0.3 is 16.3 Å². The first-order chi connectivity index (χ1) is 12.9. The van der Waals surface area contributed by atoms with Gasteiger partial charge in [-0.1, -0.05) is 68.3 Å². The third kappa shape index (κ3) is 4.77. The summed E-state index contributed by atoms with van der Waals surface area (Å²) in [6, 6.07) is 21.1. The summed E-state index contributed by atoms with van der Waals surface area (Å²) >= 11 is 7.31. The van der Waals surface area contributed by atoms with Crippen molar-refractivity contribution >= 4 is 105 Å². The Morgan fingerprint density at radius 2 is 1.24 bits per heavy atom. The topological polar surface area (TPSA) is 34.1 Å². The zero-order chi connectivity index (χ0) is 19.1. The van der Waals surface area contributed by atoms with Gasteiger partial charge in [0.1, 0.15) is 0 Å². The molecule has 0 aliphatic carbocycles. The van der Waals surface area contributed by atoms with E-state index in [0.717, 1.165) is 30.5 Å². The first kappa shape index (κ1) is 24.1. The summed E-state index contributed by atoms with van der Waals surface area (Å²) in [5.74, 6) is -0.119. The number of rotatable bonds is 3. The van der Waals surface area contributed by atoms with Gasteiger partial charge in [0.2, 0.25) is 0 Å². The van der Waals surface area contributed by atoms with Crippen LogP contribution in [0.15, 0.2) is 75.7 Å². The van der Waals surface area contributed by atoms with Crippen LogP contribution in [-0.4, -0.2) is 26.7 Å². The molecule has 4 rings (SSSR count). The molecule has 0 N–H and O–H groups in total. The molecule has 4 aromatic rings. The predicted molar refractivity (Wildman–Crippen MR) is 134 cm³/mol. The second kappa shape index (κ2) is 9.75. The lowest BCUT2D eigenvalue weighted by Crippen LogP contribution is -2.11. The van der Waals surface area contributed by atoms with Crippen molar-refractivity contribution in [1.29, 1.82) is 0 Å². The van der Waals surface area contributed by atoms with E-state index in [2.05, 4.69) is 31.9 Å². The quantitative estimate of drug-likeness (QED) is 0.213. The Hall–Kier alpha value is -1.19. The van der Waals surface area contributed by atoms with E-state index >= 15 is 0 Å². The Morgan fingerprint density at radius 1 is 0.690 bits per heavy atom. The van der Waals surface area contributed by atoms with Crippen LogP contribution < -0.4 is 0 Å². The van der Waals surface area contributed by atoms with Crippen LogP contribution in [-0.2, 0) is 0 Å². The van der Waals surface area contributed by atoms with Gasteiger partial charge in [-0.3, -0.25) is 4.79 Å². The van der Waals surface area contributed by atoms with Crippen molar-refractivity contribution in [1.82, 2.24) is 0 Å². The predicted octanol–water partition coefficient (Wildman–Crippen LogP) is 6.37. The van der Waals surface area contributed by atoms with Gasteiger partial charge in [-0.2, -0.15) is 0 Å². The number of fused-ring (bicyclic) bond motifs is 2. The van der Waals surface area contributed by atoms with Crippen LogP contribution in [0, 0.1) is 0 Å². The maximum absolute atomic E-state index is 13.4. The third-order valence-corrected chi connectivity index (χ3v) is 6.18. The molecule has 0 fully saturated rings. The highest BCUT2D eigenvalue weighted by atomic mass is 79.9. The summed E-state index contributed by atoms with van der Waals surface area (Å²) in [6.07, 6.45) is 0. The number of carbonyl (C=O) groups is 2. The zero-order valence-electron chi connectivity index (χ0n) is 15.2. The summed E-state index contributed by atoms with van der Waals surface area (Å²) in [5, 5.41) is 3.79. The van der Waals surface area contributed by atoms with Gasteiger partial charge in [-0.15, -0.1) is 24.8 Å². The lowest BCUT2D eigenvalue weighted by molar-refractivity contribution is 0.102. The highest BCUT2D eigenvalue weighted by molar-refractivity contribution is 9.10. The Balaban J connectivity index is 0.00000150. The lowest BCUT2D eigenvalue weighted by atomic mass is 9.92. The fourth-order valence-corrected chi connectivity index (χ4v) is 4.52. The van der Waals surface area contributed by atoms with Crippen LogP contribution in [0.5, 0.6) is 0 Å². The minimum atomic E-state index is -0.119. The number of hydrogen-bond donors (Lipinski definition) is 0. The highest BCUT2D eigenvalue weighted by Crippen LogP contribution is 2.29. The molecule has 146 valence electrons. The monoisotopic (exact) mass is 566 g/mol. The second-order valence-corrected chi connectivity index (χ2v) is 9.18. The fraction of sp³-hybridized carbons (Fsp3) is 0. The average molecular weight is 569 g/mol. The molecule has 0 spiro atoms. The largest absolute Gasteiger partial charge is 0.327 e. The maximum atomic E-state index is 13.4. The Labute approximate surface area is 205 Å². The second-order valence-electron chi connectivity index (χ2n) is 6.45. The van der Waals surface area contributed by atoms with E-state index in [-0.39, 0.29) is 35.2 Å². The number of benzene rings is 4. The van der Waals surface area contributed by atoms with Gasteiger partial charge in [-0.25, -0.2) is 0 Å². The number of halogens is 4. The molecule has 4 aromatic carbocycles. The average Bonchev–Trinajstić information content (AvgIpc) is 2.65. The fourth-order valence-electron chi connectivity index (χ4n) is 3.34. The number of ketones is 1. The molecule has 0 saturated carbocycles. The van der Waals surface area contributed by atoms with E-state index in [1.54, 1.807) is 6.07 Å². The molecule has 7 heteroatoms. The van der Waals surface area contributed by atoms with E-state index in [1.807, 2.05) is 60.7 Å². The molecule has 29 heavy (non-hydrogen) atoms. The molecule has 2 nitrogen and oxygen atoms in total. The molecule has 0 saturated heterocycles. The molecule has 0 unspecified atom stereocenters. The summed E-state index contributed by atoms with van der Waals surface area (Å²) < 4.78 is 1.96. The molecule has 0 heterocycles. The minimum Gasteiger partial charge on any atom is -0.317 e. The van der Waals surface area contributed by atoms with Crippen molar-refractivity contribution in [3.8, 4) is 0 Å². The van der Waals surface area contributed by atoms with Crippen molar-refractivity contribution in [2.45, 2.75) is 0 Å². The van der Waals surface area contributed by atoms with Crippen LogP contribution in [0.2, 0.25) is 0 Å². The smallest absolute Gasteiger partial charge is 0.317 e. The van der Waals surface area contributed by atoms with E-state index in [0.29, 0.717) is 33.0 Å². The molecule has 0 aliphatic heterocycles. The van der Waals surface area contributed by atoms with Gasteiger partial charge in [-0.05, 0) is 51.9 Å². The van der Waals surface area contributed by atoms with Crippen LogP contribution in [0.3, 0.4) is 0 Å². The third-order valence-electron chi connectivity index (χ3n) is 4.65. The van der Waals surface area contributed by atoms with Gasteiger partial charge < -0.3 is 4.79 Å². The molecule has 0 amide bonds. The van der Waals surface area contributed by atoms with Crippen LogP contribution in [0.4, 0.5) is 0 Å². The summed E-state index contributed by atoms with van der Waals surface area (Å²) in [4.78, 5) is 25.7. The van der Waals surface area contributed by atoms with Crippen molar-refractivity contribution < 1.29 is 9.59 Å². The summed E-state index contributed by atoms with van der Waals surface area (Å²) in [5.41, 5.74) is 1.60. The number of carbonyl (C=O) groups excluding carboxylic acids is 2. The Bertz CT molecular complexity index is 1260. The molecular formula is C22H15AlBr2Cl2O2. The highest BCUT2D eigenvalue weighted by Gasteiger charge is 2.19. The lowest BCUT2D eigenvalue weighted by Gasteiger charge is -2.12. The van der Waals surface area contributed by atoms with Gasteiger partial charge in [0, 0.05) is 25.6 Å². The Morgan fingerprint density at radius 3 is 1.93 bits per heavy atom. The maximum Gasteiger partial charge on any atom is 0.327 e. The first-order valence-electron chi connectivity index (χ1n) is 8.41. The molecule has 0 atom stereocenters. The van der Waals surface area contributed by atoms with Crippen molar-refractivity contribution in [3.63, 3.8) is 0 Å². The molecule has 0 radical (unpaired) electrons. The zero-order valence-corrected chi connectivity index (χ0v) is 22.0. The summed E-state index contributed by atoms with van der Waals surface area (Å²) in [6.45, 7) is 0. The number of hydrogen-bond acceptors (Lipinski definition) is 2. The minimum absolute atomic E-state index is 0. The molecule has 0 bridgehead atoms.